The molecule has 0 saturated carbocycles. The van der Waals surface area contributed by atoms with E-state index in [0.29, 0.717) is 17.5 Å². The summed E-state index contributed by atoms with van der Waals surface area (Å²) in [6.07, 6.45) is 1.94. The van der Waals surface area contributed by atoms with E-state index in [2.05, 4.69) is 187 Å². The predicted octanol–water partition coefficient (Wildman–Crippen LogP) is 13.7. The number of anilines is 3. The number of para-hydroxylation sites is 3. The van der Waals surface area contributed by atoms with E-state index in [1.807, 2.05) is 42.6 Å². The van der Waals surface area contributed by atoms with Crippen molar-refractivity contribution in [2.24, 2.45) is 0 Å². The lowest BCUT2D eigenvalue weighted by atomic mass is 9.66. The van der Waals surface area contributed by atoms with E-state index in [-0.39, 0.29) is 0 Å². The van der Waals surface area contributed by atoms with E-state index in [9.17, 15) is 0 Å². The van der Waals surface area contributed by atoms with Crippen LogP contribution in [0.4, 0.5) is 17.1 Å². The molecule has 10 aromatic rings. The number of aromatic nitrogens is 4. The van der Waals surface area contributed by atoms with E-state index in [1.54, 1.807) is 0 Å². The topological polar surface area (TPSA) is 54.8 Å². The molecule has 290 valence electrons. The molecule has 8 aromatic carbocycles. The highest BCUT2D eigenvalue weighted by Crippen LogP contribution is 2.63. The Morgan fingerprint density at radius 1 is 0.323 bits per heavy atom. The number of pyridine rings is 1. The van der Waals surface area contributed by atoms with Gasteiger partial charge in [0.15, 0.2) is 17.5 Å². The molecule has 3 heterocycles. The lowest BCUT2D eigenvalue weighted by molar-refractivity contribution is 0.725. The molecule has 0 N–H and O–H groups in total. The molecule has 2 aliphatic rings. The van der Waals surface area contributed by atoms with Crippen LogP contribution in [-0.4, -0.2) is 19.9 Å². The molecule has 1 spiro atoms. The van der Waals surface area contributed by atoms with Gasteiger partial charge in [0.1, 0.15) is 0 Å². The lowest BCUT2D eigenvalue weighted by Gasteiger charge is -2.44. The summed E-state index contributed by atoms with van der Waals surface area (Å²) in [6.45, 7) is 0. The largest absolute Gasteiger partial charge is 0.310 e. The SMILES string of the molecule is c1ccc(-c2ccc(-c3nc(-c4ccccc4)nc(-c4cccc(-c5ccc6c(c5)C5(c7ccccc7N(c7ccccc7)c7ccccc75)c5ncccc5-6)c4)n3)cc2)cc1. The summed E-state index contributed by atoms with van der Waals surface area (Å²) in [4.78, 5) is 22.9. The van der Waals surface area contributed by atoms with Crippen LogP contribution in [-0.2, 0) is 5.41 Å². The zero-order valence-corrected chi connectivity index (χ0v) is 33.6. The first-order valence-electron chi connectivity index (χ1n) is 21.0. The van der Waals surface area contributed by atoms with Gasteiger partial charge in [-0.2, -0.15) is 0 Å². The molecule has 0 fully saturated rings. The van der Waals surface area contributed by atoms with Crippen LogP contribution in [0.3, 0.4) is 0 Å². The summed E-state index contributed by atoms with van der Waals surface area (Å²) >= 11 is 0. The molecule has 1 aliphatic heterocycles. The van der Waals surface area contributed by atoms with Crippen LogP contribution in [0, 0.1) is 0 Å². The highest BCUT2D eigenvalue weighted by Gasteiger charge is 2.52. The smallest absolute Gasteiger partial charge is 0.164 e. The van der Waals surface area contributed by atoms with Crippen molar-refractivity contribution >= 4 is 17.1 Å². The van der Waals surface area contributed by atoms with Gasteiger partial charge >= 0.3 is 0 Å². The van der Waals surface area contributed by atoms with Crippen LogP contribution in [0.25, 0.3) is 67.5 Å². The van der Waals surface area contributed by atoms with Gasteiger partial charge in [0.2, 0.25) is 0 Å². The van der Waals surface area contributed by atoms with Crippen molar-refractivity contribution in [3.05, 3.63) is 247 Å². The Hall–Kier alpha value is -8.28. The van der Waals surface area contributed by atoms with Crippen molar-refractivity contribution in [2.75, 3.05) is 4.90 Å². The van der Waals surface area contributed by atoms with Crippen molar-refractivity contribution in [3.63, 3.8) is 0 Å². The Morgan fingerprint density at radius 3 is 1.48 bits per heavy atom. The zero-order chi connectivity index (χ0) is 41.0. The summed E-state index contributed by atoms with van der Waals surface area (Å²) in [5.41, 5.74) is 17.0. The minimum atomic E-state index is -0.651. The minimum absolute atomic E-state index is 0.619. The molecule has 12 rings (SSSR count). The van der Waals surface area contributed by atoms with Gasteiger partial charge in [0, 0.05) is 34.1 Å². The molecule has 0 atom stereocenters. The molecule has 0 unspecified atom stereocenters. The number of hydrogen-bond acceptors (Lipinski definition) is 5. The monoisotopic (exact) mass is 791 g/mol. The molecule has 2 aromatic heterocycles. The second kappa shape index (κ2) is 14.5. The summed E-state index contributed by atoms with van der Waals surface area (Å²) in [5, 5.41) is 0. The van der Waals surface area contributed by atoms with Crippen molar-refractivity contribution in [3.8, 4) is 67.5 Å². The van der Waals surface area contributed by atoms with Gasteiger partial charge < -0.3 is 4.90 Å². The van der Waals surface area contributed by atoms with Crippen molar-refractivity contribution in [1.29, 1.82) is 0 Å². The van der Waals surface area contributed by atoms with Gasteiger partial charge in [-0.3, -0.25) is 4.98 Å². The average Bonchev–Trinajstić information content (AvgIpc) is 3.65. The van der Waals surface area contributed by atoms with Gasteiger partial charge in [0.25, 0.3) is 0 Å². The fraction of sp³-hybridized carbons (Fsp3) is 0.0175. The van der Waals surface area contributed by atoms with Crippen molar-refractivity contribution < 1.29 is 0 Å². The van der Waals surface area contributed by atoms with Crippen molar-refractivity contribution in [2.45, 2.75) is 5.41 Å². The molecule has 62 heavy (non-hydrogen) atoms. The van der Waals surface area contributed by atoms with Crippen LogP contribution in [0.2, 0.25) is 0 Å². The highest BCUT2D eigenvalue weighted by molar-refractivity contribution is 5.96. The Labute approximate surface area is 360 Å². The first-order chi connectivity index (χ1) is 30.7. The van der Waals surface area contributed by atoms with Crippen LogP contribution in [0.5, 0.6) is 0 Å². The number of benzene rings is 8. The number of rotatable bonds is 6. The molecule has 0 radical (unpaired) electrons. The second-order valence-electron chi connectivity index (χ2n) is 15.8. The first kappa shape index (κ1) is 35.6. The molecular weight excluding hydrogens is 755 g/mol. The summed E-state index contributed by atoms with van der Waals surface area (Å²) < 4.78 is 0. The van der Waals surface area contributed by atoms with Crippen molar-refractivity contribution in [1.82, 2.24) is 19.9 Å². The average molecular weight is 792 g/mol. The van der Waals surface area contributed by atoms with E-state index >= 15 is 0 Å². The fourth-order valence-electron chi connectivity index (χ4n) is 9.60. The Morgan fingerprint density at radius 2 is 0.806 bits per heavy atom. The maximum absolute atomic E-state index is 5.25. The predicted molar refractivity (Wildman–Crippen MR) is 250 cm³/mol. The quantitative estimate of drug-likeness (QED) is 0.168. The summed E-state index contributed by atoms with van der Waals surface area (Å²) in [5.74, 6) is 1.88. The molecule has 5 nitrogen and oxygen atoms in total. The van der Waals surface area contributed by atoms with E-state index in [0.717, 1.165) is 61.7 Å². The molecule has 0 amide bonds. The Kier molecular flexibility index (Phi) is 8.32. The second-order valence-corrected chi connectivity index (χ2v) is 15.8. The van der Waals surface area contributed by atoms with Gasteiger partial charge in [-0.15, -0.1) is 0 Å². The van der Waals surface area contributed by atoms with Crippen LogP contribution in [0.15, 0.2) is 225 Å². The Balaban J connectivity index is 1.01. The van der Waals surface area contributed by atoms with E-state index in [4.69, 9.17) is 19.9 Å². The van der Waals surface area contributed by atoms with Gasteiger partial charge in [0.05, 0.1) is 22.5 Å². The third-order valence-electron chi connectivity index (χ3n) is 12.4. The first-order valence-corrected chi connectivity index (χ1v) is 21.0. The third-order valence-corrected chi connectivity index (χ3v) is 12.4. The Bertz CT molecular complexity index is 3240. The summed E-state index contributed by atoms with van der Waals surface area (Å²) in [7, 11) is 0. The number of nitrogens with zero attached hydrogens (tertiary/aromatic N) is 5. The normalized spacial score (nSPS) is 12.9. The molecule has 5 heteroatoms. The number of hydrogen-bond donors (Lipinski definition) is 0. The lowest BCUT2D eigenvalue weighted by Crippen LogP contribution is -2.36. The standard InChI is InChI=1S/C57H37N5/c1-4-16-38(17-5-1)39-29-31-41(32-30-39)55-59-54(40-18-6-2-7-19-40)60-56(61-55)44-21-14-20-42(36-44)43-33-34-46-47-24-15-35-58-53(47)57(50(46)37-43)48-25-10-12-27-51(48)62(45-22-8-3-9-23-45)52-28-13-11-26-49(52)57/h1-37H. The third kappa shape index (κ3) is 5.63. The van der Waals surface area contributed by atoms with Gasteiger partial charge in [-0.05, 0) is 87.0 Å². The molecule has 0 saturated heterocycles. The van der Waals surface area contributed by atoms with Crippen LogP contribution >= 0.6 is 0 Å². The van der Waals surface area contributed by atoms with Gasteiger partial charge in [-0.25, -0.2) is 15.0 Å². The maximum Gasteiger partial charge on any atom is 0.164 e. The van der Waals surface area contributed by atoms with E-state index < -0.39 is 5.41 Å². The minimum Gasteiger partial charge on any atom is -0.310 e. The molecule has 0 bridgehead atoms. The highest BCUT2D eigenvalue weighted by atomic mass is 15.2. The van der Waals surface area contributed by atoms with E-state index in [1.165, 1.54) is 27.8 Å². The fourth-order valence-corrected chi connectivity index (χ4v) is 9.60. The van der Waals surface area contributed by atoms with Crippen LogP contribution < -0.4 is 4.90 Å². The summed E-state index contributed by atoms with van der Waals surface area (Å²) in [6, 6.07) is 77.2. The molecule has 1 aliphatic carbocycles. The zero-order valence-electron chi connectivity index (χ0n) is 33.6. The molecular formula is C57H37N5. The maximum atomic E-state index is 5.25. The number of fused-ring (bicyclic) bond motifs is 9. The van der Waals surface area contributed by atoms with Crippen LogP contribution in [0.1, 0.15) is 22.4 Å². The van der Waals surface area contributed by atoms with Gasteiger partial charge in [-0.1, -0.05) is 176 Å².